The van der Waals surface area contributed by atoms with Crippen molar-refractivity contribution in [2.24, 2.45) is 0 Å². The Kier molecular flexibility index (Phi) is 7.42. The largest absolute Gasteiger partial charge is 0.416 e. The summed E-state index contributed by atoms with van der Waals surface area (Å²) in [5.41, 5.74) is 1.50. The molecule has 168 valence electrons. The lowest BCUT2D eigenvalue weighted by atomic mass is 10.0. The van der Waals surface area contributed by atoms with Gasteiger partial charge in [0.1, 0.15) is 16.8 Å². The lowest BCUT2D eigenvalue weighted by Crippen LogP contribution is -2.35. The van der Waals surface area contributed by atoms with Gasteiger partial charge in [-0.25, -0.2) is 12.9 Å². The van der Waals surface area contributed by atoms with Crippen LogP contribution in [-0.4, -0.2) is 28.0 Å². The maximum Gasteiger partial charge on any atom is 0.416 e. The molecule has 1 N–H and O–H groups in total. The van der Waals surface area contributed by atoms with E-state index < -0.39 is 28.5 Å². The molecule has 0 aromatic heterocycles. The van der Waals surface area contributed by atoms with Crippen LogP contribution in [0.3, 0.4) is 0 Å². The fourth-order valence-corrected chi connectivity index (χ4v) is 3.88. The van der Waals surface area contributed by atoms with Crippen molar-refractivity contribution in [3.63, 3.8) is 0 Å². The maximum atomic E-state index is 13.0. The third-order valence-electron chi connectivity index (χ3n) is 4.65. The first-order valence-electron chi connectivity index (χ1n) is 9.55. The fourth-order valence-electron chi connectivity index (χ4n) is 2.92. The Morgan fingerprint density at radius 2 is 1.44 bits per heavy atom. The Bertz CT molecular complexity index is 1080. The van der Waals surface area contributed by atoms with Crippen LogP contribution in [0.5, 0.6) is 0 Å². The molecule has 0 bridgehead atoms. The number of nitrogens with one attached hydrogen (secondary N) is 1. The third kappa shape index (κ3) is 6.24. The number of benzene rings is 3. The summed E-state index contributed by atoms with van der Waals surface area (Å²) >= 11 is 0. The molecular formula is C23H20F4N2O2S. The Balaban J connectivity index is 1.53. The van der Waals surface area contributed by atoms with Crippen molar-refractivity contribution in [2.45, 2.75) is 17.6 Å². The first-order chi connectivity index (χ1) is 15.1. The monoisotopic (exact) mass is 464 g/mol. The first-order valence-corrected chi connectivity index (χ1v) is 10.7. The zero-order valence-corrected chi connectivity index (χ0v) is 17.8. The van der Waals surface area contributed by atoms with Crippen LogP contribution in [0.4, 0.5) is 17.6 Å². The van der Waals surface area contributed by atoms with Gasteiger partial charge in [-0.05, 0) is 53.1 Å². The second-order valence-corrected chi connectivity index (χ2v) is 8.63. The number of hydrogen-bond donors (Lipinski definition) is 1. The van der Waals surface area contributed by atoms with E-state index in [-0.39, 0.29) is 19.0 Å². The molecule has 0 spiro atoms. The summed E-state index contributed by atoms with van der Waals surface area (Å²) in [4.78, 5) is 12.6. The topological polar surface area (TPSA) is 49.4 Å². The number of carbonyl (C=O) groups excluding carboxylic acids is 1. The van der Waals surface area contributed by atoms with Gasteiger partial charge in [0.25, 0.3) is 0 Å². The van der Waals surface area contributed by atoms with E-state index in [9.17, 15) is 26.6 Å². The van der Waals surface area contributed by atoms with E-state index in [0.717, 1.165) is 23.3 Å². The molecule has 0 aliphatic rings. The van der Waals surface area contributed by atoms with Crippen LogP contribution in [-0.2, 0) is 28.5 Å². The van der Waals surface area contributed by atoms with Crippen molar-refractivity contribution in [1.82, 2.24) is 9.62 Å². The number of hydrogen-bond acceptors (Lipinski definition) is 2. The summed E-state index contributed by atoms with van der Waals surface area (Å²) in [6, 6.07) is 17.2. The maximum absolute atomic E-state index is 13.0. The quantitative estimate of drug-likeness (QED) is 0.512. The fraction of sp³-hybridized carbons (Fsp3) is 0.174. The smallest absolute Gasteiger partial charge is 0.351 e. The lowest BCUT2D eigenvalue weighted by Gasteiger charge is -2.15. The van der Waals surface area contributed by atoms with E-state index in [2.05, 4.69) is 5.32 Å². The number of nitrogens with zero attached hydrogens (tertiary/aromatic N) is 1. The Morgan fingerprint density at radius 1 is 0.906 bits per heavy atom. The number of rotatable bonds is 7. The minimum Gasteiger partial charge on any atom is -0.351 e. The zero-order valence-electron chi connectivity index (χ0n) is 17.0. The lowest BCUT2D eigenvalue weighted by molar-refractivity contribution is -0.137. The number of alkyl halides is 3. The molecule has 0 radical (unpaired) electrons. The van der Waals surface area contributed by atoms with E-state index >= 15 is 0 Å². The molecule has 32 heavy (non-hydrogen) atoms. The molecule has 4 nitrogen and oxygen atoms in total. The van der Waals surface area contributed by atoms with Gasteiger partial charge in [-0.1, -0.05) is 36.4 Å². The summed E-state index contributed by atoms with van der Waals surface area (Å²) in [7, 11) is -0.0757. The predicted molar refractivity (Wildman–Crippen MR) is 114 cm³/mol. The van der Waals surface area contributed by atoms with Crippen molar-refractivity contribution in [3.05, 3.63) is 89.7 Å². The first kappa shape index (κ1) is 23.6. The van der Waals surface area contributed by atoms with Gasteiger partial charge in [-0.3, -0.25) is 4.79 Å². The third-order valence-corrected chi connectivity index (χ3v) is 6.02. The van der Waals surface area contributed by atoms with Crippen molar-refractivity contribution < 1.29 is 26.6 Å². The van der Waals surface area contributed by atoms with Crippen molar-refractivity contribution in [1.29, 1.82) is 0 Å². The van der Waals surface area contributed by atoms with E-state index in [1.165, 1.54) is 47.8 Å². The van der Waals surface area contributed by atoms with Crippen molar-refractivity contribution in [3.8, 4) is 11.1 Å². The molecule has 1 amide bonds. The number of amides is 1. The van der Waals surface area contributed by atoms with Crippen LogP contribution in [0, 0.1) is 5.82 Å². The van der Waals surface area contributed by atoms with Crippen LogP contribution >= 0.6 is 0 Å². The van der Waals surface area contributed by atoms with Crippen LogP contribution < -0.4 is 5.32 Å². The number of carbonyl (C=O) groups is 1. The van der Waals surface area contributed by atoms with Gasteiger partial charge in [-0.2, -0.15) is 13.2 Å². The number of likely N-dealkylation sites (N-methyl/N-ethyl adjacent to an activating group) is 1. The van der Waals surface area contributed by atoms with Crippen LogP contribution in [0.1, 0.15) is 11.1 Å². The normalized spacial score (nSPS) is 12.6. The van der Waals surface area contributed by atoms with E-state index in [0.29, 0.717) is 10.5 Å². The summed E-state index contributed by atoms with van der Waals surface area (Å²) < 4.78 is 64.8. The summed E-state index contributed by atoms with van der Waals surface area (Å²) in [6.07, 6.45) is -4.37. The molecule has 9 heteroatoms. The molecule has 3 rings (SSSR count). The second-order valence-electron chi connectivity index (χ2n) is 7.04. The predicted octanol–water partition coefficient (Wildman–Crippen LogP) is 4.78. The average molecular weight is 464 g/mol. The van der Waals surface area contributed by atoms with Crippen molar-refractivity contribution in [2.75, 3.05) is 13.6 Å². The van der Waals surface area contributed by atoms with Crippen LogP contribution in [0.15, 0.2) is 77.7 Å². The highest BCUT2D eigenvalue weighted by Crippen LogP contribution is 2.31. The molecular weight excluding hydrogens is 444 g/mol. The molecule has 1 atom stereocenters. The Morgan fingerprint density at radius 3 is 1.97 bits per heavy atom. The highest BCUT2D eigenvalue weighted by Gasteiger charge is 2.29. The van der Waals surface area contributed by atoms with Gasteiger partial charge in [0.05, 0.1) is 17.0 Å². The zero-order chi connectivity index (χ0) is 23.3. The van der Waals surface area contributed by atoms with E-state index in [1.54, 1.807) is 24.3 Å². The van der Waals surface area contributed by atoms with Crippen molar-refractivity contribution >= 4 is 16.9 Å². The highest BCUT2D eigenvalue weighted by atomic mass is 32.2. The van der Waals surface area contributed by atoms with E-state index in [4.69, 9.17) is 0 Å². The summed E-state index contributed by atoms with van der Waals surface area (Å²) in [6.45, 7) is 0.122. The van der Waals surface area contributed by atoms with Gasteiger partial charge >= 0.3 is 6.18 Å². The molecule has 1 unspecified atom stereocenters. The highest BCUT2D eigenvalue weighted by molar-refractivity contribution is 7.82. The minimum absolute atomic E-state index is 0.117. The van der Waals surface area contributed by atoms with E-state index in [1.807, 2.05) is 0 Å². The molecule has 0 saturated heterocycles. The SMILES string of the molecule is CN(CC(=O)NCc1ccc(-c2ccc(C(F)(F)F)cc2)cc1)S(=O)c1ccc(F)cc1. The second kappa shape index (κ2) is 10.1. The van der Waals surface area contributed by atoms with Crippen LogP contribution in [0.25, 0.3) is 11.1 Å². The average Bonchev–Trinajstić information content (AvgIpc) is 2.77. The Hall–Kier alpha value is -3.04. The standard InChI is InChI=1S/C23H20F4N2O2S/c1-29(32(31)21-12-10-20(24)11-13-21)15-22(30)28-14-16-2-4-17(5-3-16)18-6-8-19(9-7-18)23(25,26)27/h2-13H,14-15H2,1H3,(H,28,30). The molecule has 0 aliphatic heterocycles. The number of halogens is 4. The summed E-state index contributed by atoms with van der Waals surface area (Å²) in [5, 5.41) is 2.73. The minimum atomic E-state index is -4.37. The molecule has 0 aliphatic carbocycles. The Labute approximate surface area is 185 Å². The molecule has 0 saturated carbocycles. The molecule has 0 heterocycles. The van der Waals surface area contributed by atoms with Gasteiger partial charge in [-0.15, -0.1) is 0 Å². The van der Waals surface area contributed by atoms with Gasteiger partial charge < -0.3 is 5.32 Å². The van der Waals surface area contributed by atoms with Crippen LogP contribution in [0.2, 0.25) is 0 Å². The molecule has 0 fully saturated rings. The summed E-state index contributed by atoms with van der Waals surface area (Å²) in [5.74, 6) is -0.773. The molecule has 3 aromatic rings. The van der Waals surface area contributed by atoms with Gasteiger partial charge in [0.2, 0.25) is 5.91 Å². The van der Waals surface area contributed by atoms with Gasteiger partial charge in [0, 0.05) is 13.6 Å². The van der Waals surface area contributed by atoms with Gasteiger partial charge in [0.15, 0.2) is 0 Å². The molecule has 3 aromatic carbocycles.